The molecule has 0 atom stereocenters. The van der Waals surface area contributed by atoms with Gasteiger partial charge in [-0.25, -0.2) is 4.98 Å². The van der Waals surface area contributed by atoms with Crippen molar-refractivity contribution < 1.29 is 9.32 Å². The predicted octanol–water partition coefficient (Wildman–Crippen LogP) is 3.33. The second kappa shape index (κ2) is 8.86. The van der Waals surface area contributed by atoms with Gasteiger partial charge in [-0.15, -0.1) is 0 Å². The van der Waals surface area contributed by atoms with Crippen LogP contribution in [-0.2, 0) is 11.2 Å². The Morgan fingerprint density at radius 3 is 2.72 bits per heavy atom. The Hall–Kier alpha value is -3.22. The highest BCUT2D eigenvalue weighted by Gasteiger charge is 2.22. The third-order valence-corrected chi connectivity index (χ3v) is 5.29. The van der Waals surface area contributed by atoms with Crippen LogP contribution in [0.5, 0.6) is 0 Å². The van der Waals surface area contributed by atoms with Crippen molar-refractivity contribution in [3.05, 3.63) is 60.0 Å². The third kappa shape index (κ3) is 4.99. The highest BCUT2D eigenvalue weighted by Crippen LogP contribution is 2.22. The Kier molecular flexibility index (Phi) is 5.84. The summed E-state index contributed by atoms with van der Waals surface area (Å²) in [4.78, 5) is 23.0. The molecule has 0 spiro atoms. The van der Waals surface area contributed by atoms with Gasteiger partial charge in [0.15, 0.2) is 5.82 Å². The van der Waals surface area contributed by atoms with E-state index in [4.69, 9.17) is 4.52 Å². The monoisotopic (exact) mass is 391 g/mol. The number of benzene rings is 1. The first-order valence-electron chi connectivity index (χ1n) is 9.99. The molecule has 0 bridgehead atoms. The molecule has 29 heavy (non-hydrogen) atoms. The van der Waals surface area contributed by atoms with Crippen LogP contribution in [0.15, 0.2) is 53.2 Å². The van der Waals surface area contributed by atoms with E-state index < -0.39 is 0 Å². The third-order valence-electron chi connectivity index (χ3n) is 5.29. The summed E-state index contributed by atoms with van der Waals surface area (Å²) in [5.74, 6) is 2.39. The maximum absolute atomic E-state index is 12.6. The lowest BCUT2D eigenvalue weighted by Gasteiger charge is -2.32. The number of nitrogens with zero attached hydrogens (tertiary/aromatic N) is 4. The van der Waals surface area contributed by atoms with E-state index in [1.807, 2.05) is 17.0 Å². The van der Waals surface area contributed by atoms with Crippen molar-refractivity contribution in [2.75, 3.05) is 25.0 Å². The number of aryl methyl sites for hydroxylation is 1. The Bertz CT molecular complexity index is 949. The molecule has 1 aromatic carbocycles. The predicted molar refractivity (Wildman–Crippen MR) is 110 cm³/mol. The molecule has 1 aliphatic rings. The normalized spacial score (nSPS) is 14.7. The van der Waals surface area contributed by atoms with Crippen LogP contribution in [0.4, 0.5) is 5.82 Å². The zero-order valence-electron chi connectivity index (χ0n) is 16.5. The van der Waals surface area contributed by atoms with Crippen LogP contribution in [0.25, 0.3) is 11.5 Å². The first-order chi connectivity index (χ1) is 14.2. The summed E-state index contributed by atoms with van der Waals surface area (Å²) in [5, 5.41) is 6.92. The number of anilines is 1. The summed E-state index contributed by atoms with van der Waals surface area (Å²) >= 11 is 0. The smallest absolute Gasteiger partial charge is 0.258 e. The molecule has 1 fully saturated rings. The fourth-order valence-electron chi connectivity index (χ4n) is 3.69. The first kappa shape index (κ1) is 19.1. The minimum atomic E-state index is 0.101. The van der Waals surface area contributed by atoms with Gasteiger partial charge in [0.25, 0.3) is 5.89 Å². The van der Waals surface area contributed by atoms with Gasteiger partial charge in [0.05, 0.1) is 6.54 Å². The summed E-state index contributed by atoms with van der Waals surface area (Å²) < 4.78 is 5.19. The molecule has 150 valence electrons. The number of aromatic nitrogens is 3. The second-order valence-electron chi connectivity index (χ2n) is 7.44. The molecular formula is C22H25N5O2. The lowest BCUT2D eigenvalue weighted by Crippen LogP contribution is -2.41. The molecule has 7 heteroatoms. The highest BCUT2D eigenvalue weighted by atomic mass is 16.5. The number of hydrogen-bond acceptors (Lipinski definition) is 6. The Morgan fingerprint density at radius 2 is 2.00 bits per heavy atom. The number of hydrogen-bond donors (Lipinski definition) is 1. The summed E-state index contributed by atoms with van der Waals surface area (Å²) in [6.45, 7) is 3.62. The van der Waals surface area contributed by atoms with E-state index in [1.165, 1.54) is 5.56 Å². The molecule has 1 N–H and O–H groups in total. The van der Waals surface area contributed by atoms with E-state index in [9.17, 15) is 4.79 Å². The minimum Gasteiger partial charge on any atom is -0.361 e. The van der Waals surface area contributed by atoms with Gasteiger partial charge in [-0.05, 0) is 49.8 Å². The van der Waals surface area contributed by atoms with E-state index in [2.05, 4.69) is 44.7 Å². The van der Waals surface area contributed by atoms with Crippen molar-refractivity contribution in [3.8, 4) is 11.5 Å². The van der Waals surface area contributed by atoms with Gasteiger partial charge in [-0.3, -0.25) is 4.79 Å². The van der Waals surface area contributed by atoms with Crippen LogP contribution in [0.1, 0.15) is 24.2 Å². The number of nitrogens with one attached hydrogen (secondary N) is 1. The van der Waals surface area contributed by atoms with Crippen LogP contribution in [0, 0.1) is 12.8 Å². The quantitative estimate of drug-likeness (QED) is 0.694. The SMILES string of the molecule is Cc1noc(-c2ccnc(NCC(=O)N3CCC(Cc4ccccc4)CC3)c2)n1. The van der Waals surface area contributed by atoms with Crippen LogP contribution >= 0.6 is 0 Å². The largest absolute Gasteiger partial charge is 0.361 e. The molecule has 2 aromatic heterocycles. The van der Waals surface area contributed by atoms with Crippen molar-refractivity contribution in [3.63, 3.8) is 0 Å². The molecule has 0 aliphatic carbocycles. The fourth-order valence-corrected chi connectivity index (χ4v) is 3.69. The maximum Gasteiger partial charge on any atom is 0.258 e. The van der Waals surface area contributed by atoms with E-state index in [1.54, 1.807) is 19.2 Å². The van der Waals surface area contributed by atoms with Gasteiger partial charge < -0.3 is 14.7 Å². The van der Waals surface area contributed by atoms with E-state index >= 15 is 0 Å². The number of amides is 1. The molecule has 1 amide bonds. The van der Waals surface area contributed by atoms with Gasteiger partial charge in [-0.2, -0.15) is 4.98 Å². The van der Waals surface area contributed by atoms with Crippen LogP contribution < -0.4 is 5.32 Å². The number of likely N-dealkylation sites (tertiary alicyclic amines) is 1. The van der Waals surface area contributed by atoms with Gasteiger partial charge in [0.2, 0.25) is 5.91 Å². The first-order valence-corrected chi connectivity index (χ1v) is 9.99. The zero-order chi connectivity index (χ0) is 20.1. The molecular weight excluding hydrogens is 366 g/mol. The number of carbonyl (C=O) groups is 1. The maximum atomic E-state index is 12.6. The van der Waals surface area contributed by atoms with Gasteiger partial charge in [0, 0.05) is 24.8 Å². The molecule has 0 unspecified atom stereocenters. The summed E-state index contributed by atoms with van der Waals surface area (Å²) in [6, 6.07) is 14.2. The number of pyridine rings is 1. The topological polar surface area (TPSA) is 84.2 Å². The summed E-state index contributed by atoms with van der Waals surface area (Å²) in [5.41, 5.74) is 2.15. The number of rotatable bonds is 6. The Morgan fingerprint density at radius 1 is 1.21 bits per heavy atom. The van der Waals surface area contributed by atoms with Crippen molar-refractivity contribution in [2.24, 2.45) is 5.92 Å². The molecule has 0 saturated carbocycles. The number of carbonyl (C=O) groups excluding carboxylic acids is 1. The Labute approximate surface area is 170 Å². The zero-order valence-corrected chi connectivity index (χ0v) is 16.5. The van der Waals surface area contributed by atoms with Crippen molar-refractivity contribution in [2.45, 2.75) is 26.2 Å². The van der Waals surface area contributed by atoms with E-state index in [0.29, 0.717) is 23.5 Å². The van der Waals surface area contributed by atoms with Crippen molar-refractivity contribution in [1.29, 1.82) is 0 Å². The van der Waals surface area contributed by atoms with E-state index in [-0.39, 0.29) is 12.5 Å². The molecule has 1 aliphatic heterocycles. The average molecular weight is 391 g/mol. The Balaban J connectivity index is 1.26. The van der Waals surface area contributed by atoms with Crippen molar-refractivity contribution in [1.82, 2.24) is 20.0 Å². The van der Waals surface area contributed by atoms with Gasteiger partial charge in [0.1, 0.15) is 5.82 Å². The second-order valence-corrected chi connectivity index (χ2v) is 7.44. The van der Waals surface area contributed by atoms with Crippen LogP contribution in [0.3, 0.4) is 0 Å². The standard InChI is InChI=1S/C22H25N5O2/c1-16-25-22(29-26-16)19-7-10-23-20(14-19)24-15-21(28)27-11-8-18(9-12-27)13-17-5-3-2-4-6-17/h2-7,10,14,18H,8-9,11-13,15H2,1H3,(H,23,24). The molecule has 3 aromatic rings. The van der Waals surface area contributed by atoms with Gasteiger partial charge >= 0.3 is 0 Å². The molecule has 1 saturated heterocycles. The average Bonchev–Trinajstić information content (AvgIpc) is 3.20. The van der Waals surface area contributed by atoms with Crippen LogP contribution in [-0.4, -0.2) is 45.6 Å². The van der Waals surface area contributed by atoms with Crippen LogP contribution in [0.2, 0.25) is 0 Å². The molecule has 0 radical (unpaired) electrons. The van der Waals surface area contributed by atoms with Gasteiger partial charge in [-0.1, -0.05) is 35.5 Å². The summed E-state index contributed by atoms with van der Waals surface area (Å²) in [7, 11) is 0. The van der Waals surface area contributed by atoms with E-state index in [0.717, 1.165) is 37.9 Å². The lowest BCUT2D eigenvalue weighted by atomic mass is 9.90. The van der Waals surface area contributed by atoms with Crippen molar-refractivity contribution >= 4 is 11.7 Å². The molecule has 3 heterocycles. The fraction of sp³-hybridized carbons (Fsp3) is 0.364. The number of piperidine rings is 1. The summed E-state index contributed by atoms with van der Waals surface area (Å²) in [6.07, 6.45) is 4.85. The minimum absolute atomic E-state index is 0.101. The lowest BCUT2D eigenvalue weighted by molar-refractivity contribution is -0.130. The highest BCUT2D eigenvalue weighted by molar-refractivity contribution is 5.80. The molecule has 7 nitrogen and oxygen atoms in total. The molecule has 4 rings (SSSR count).